The quantitative estimate of drug-likeness (QED) is 0.637. The summed E-state index contributed by atoms with van der Waals surface area (Å²) >= 11 is 11.5. The first-order chi connectivity index (χ1) is 7.29. The van der Waals surface area contributed by atoms with Gasteiger partial charge in [-0.1, -0.05) is 18.2 Å². The molecule has 0 aromatic heterocycles. The number of hydrogen-bond acceptors (Lipinski definition) is 2. The molecule has 1 aromatic rings. The van der Waals surface area contributed by atoms with Crippen molar-refractivity contribution in [2.45, 2.75) is 19.8 Å². The largest absolute Gasteiger partial charge is 0.320 e. The lowest BCUT2D eigenvalue weighted by Crippen LogP contribution is -1.99. The zero-order valence-corrected chi connectivity index (χ0v) is 10.4. The van der Waals surface area contributed by atoms with Crippen LogP contribution in [0.1, 0.15) is 16.7 Å². The Hall–Kier alpha value is -0.280. The van der Waals surface area contributed by atoms with Crippen molar-refractivity contribution in [1.82, 2.24) is 0 Å². The molecule has 3 N–H and O–H groups in total. The van der Waals surface area contributed by atoms with Crippen molar-refractivity contribution in [2.75, 3.05) is 11.8 Å². The highest BCUT2D eigenvalue weighted by Crippen LogP contribution is 2.16. The minimum atomic E-state index is 0.679. The molecule has 0 aliphatic carbocycles. The Bertz CT molecular complexity index is 279. The molecule has 2 nitrogen and oxygen atoms in total. The second kappa shape index (κ2) is 8.98. The molecule has 1 aromatic carbocycles. The summed E-state index contributed by atoms with van der Waals surface area (Å²) in [4.78, 5) is 0. The van der Waals surface area contributed by atoms with E-state index in [0.717, 1.165) is 12.8 Å². The molecule has 0 amide bonds. The minimum Gasteiger partial charge on any atom is -0.320 e. The molecule has 1 rings (SSSR count). The number of benzene rings is 1. The molecule has 0 spiro atoms. The van der Waals surface area contributed by atoms with E-state index in [9.17, 15) is 0 Å². The highest BCUT2D eigenvalue weighted by atomic mass is 35.5. The van der Waals surface area contributed by atoms with Crippen LogP contribution in [0.15, 0.2) is 18.2 Å². The first-order valence-electron chi connectivity index (χ1n) is 4.74. The van der Waals surface area contributed by atoms with Gasteiger partial charge in [0, 0.05) is 11.8 Å². The summed E-state index contributed by atoms with van der Waals surface area (Å²) in [6, 6.07) is 6.34. The van der Waals surface area contributed by atoms with Crippen LogP contribution in [-0.4, -0.2) is 17.0 Å². The third kappa shape index (κ3) is 4.85. The van der Waals surface area contributed by atoms with Gasteiger partial charge in [0.25, 0.3) is 0 Å². The summed E-state index contributed by atoms with van der Waals surface area (Å²) in [5.74, 6) is 4.86. The smallest absolute Gasteiger partial charge is 0.0264 e. The van der Waals surface area contributed by atoms with E-state index in [1.54, 1.807) is 0 Å². The van der Waals surface area contributed by atoms with Gasteiger partial charge in [-0.05, 0) is 36.5 Å². The summed E-state index contributed by atoms with van der Waals surface area (Å²) in [7, 11) is 0. The topological polar surface area (TPSA) is 46.2 Å². The van der Waals surface area contributed by atoms with Crippen LogP contribution in [0, 0.1) is 6.92 Å². The number of hydrogen-bond donors (Lipinski definition) is 2. The summed E-state index contributed by atoms with van der Waals surface area (Å²) in [5.41, 5.74) is 4.04. The zero-order chi connectivity index (χ0) is 11.7. The molecular formula is C11H17Cl2NO. The van der Waals surface area contributed by atoms with Gasteiger partial charge in [-0.15, -0.1) is 23.2 Å². The van der Waals surface area contributed by atoms with Crippen LogP contribution in [0.5, 0.6) is 0 Å². The molecule has 0 aliphatic heterocycles. The van der Waals surface area contributed by atoms with Crippen LogP contribution in [0.25, 0.3) is 0 Å². The van der Waals surface area contributed by atoms with Gasteiger partial charge < -0.3 is 5.21 Å². The SMILES string of the molecule is Cc1cccc(CCCl)c1CCCl.NO. The molecule has 86 valence electrons. The normalized spacial score (nSPS) is 9.40. The first-order valence-corrected chi connectivity index (χ1v) is 5.81. The first kappa shape index (κ1) is 14.7. The van der Waals surface area contributed by atoms with E-state index in [2.05, 4.69) is 31.0 Å². The Morgan fingerprint density at radius 3 is 2.27 bits per heavy atom. The van der Waals surface area contributed by atoms with Crippen molar-refractivity contribution in [3.05, 3.63) is 34.9 Å². The molecule has 4 heteroatoms. The second-order valence-corrected chi connectivity index (χ2v) is 3.85. The number of nitrogens with two attached hydrogens (primary N) is 1. The maximum Gasteiger partial charge on any atom is 0.0264 e. The van der Waals surface area contributed by atoms with Crippen LogP contribution >= 0.6 is 23.2 Å². The molecule has 0 bridgehead atoms. The fourth-order valence-corrected chi connectivity index (χ4v) is 1.94. The Kier molecular flexibility index (Phi) is 8.82. The van der Waals surface area contributed by atoms with Gasteiger partial charge in [-0.3, -0.25) is 0 Å². The second-order valence-electron chi connectivity index (χ2n) is 3.09. The summed E-state index contributed by atoms with van der Waals surface area (Å²) in [6.07, 6.45) is 1.88. The summed E-state index contributed by atoms with van der Waals surface area (Å²) in [5, 5.41) is 6.50. The van der Waals surface area contributed by atoms with Gasteiger partial charge in [-0.2, -0.15) is 0 Å². The Labute approximate surface area is 101 Å². The van der Waals surface area contributed by atoms with E-state index in [4.69, 9.17) is 28.4 Å². The van der Waals surface area contributed by atoms with Gasteiger partial charge in [0.2, 0.25) is 0 Å². The maximum absolute atomic E-state index is 6.50. The van der Waals surface area contributed by atoms with Gasteiger partial charge in [0.15, 0.2) is 0 Å². The molecule has 0 radical (unpaired) electrons. The fraction of sp³-hybridized carbons (Fsp3) is 0.455. The highest BCUT2D eigenvalue weighted by molar-refractivity contribution is 6.18. The number of halogens is 2. The van der Waals surface area contributed by atoms with Gasteiger partial charge in [-0.25, -0.2) is 5.90 Å². The molecule has 0 saturated heterocycles. The molecule has 0 aliphatic rings. The van der Waals surface area contributed by atoms with Crippen molar-refractivity contribution in [2.24, 2.45) is 5.90 Å². The van der Waals surface area contributed by atoms with E-state index in [0.29, 0.717) is 11.8 Å². The molecule has 0 saturated carbocycles. The van der Waals surface area contributed by atoms with Crippen LogP contribution in [0.4, 0.5) is 0 Å². The minimum absolute atomic E-state index is 0.679. The number of alkyl halides is 2. The van der Waals surface area contributed by atoms with E-state index in [1.165, 1.54) is 16.7 Å². The van der Waals surface area contributed by atoms with E-state index in [-0.39, 0.29) is 0 Å². The maximum atomic E-state index is 6.50. The average molecular weight is 250 g/mol. The Balaban J connectivity index is 0.000000921. The van der Waals surface area contributed by atoms with Crippen molar-refractivity contribution in [1.29, 1.82) is 0 Å². The van der Waals surface area contributed by atoms with Crippen LogP contribution in [0.2, 0.25) is 0 Å². The third-order valence-corrected chi connectivity index (χ3v) is 2.59. The summed E-state index contributed by atoms with van der Waals surface area (Å²) in [6.45, 7) is 2.12. The molecule has 0 heterocycles. The molecule has 0 atom stereocenters. The molecular weight excluding hydrogens is 233 g/mol. The van der Waals surface area contributed by atoms with Crippen molar-refractivity contribution < 1.29 is 5.21 Å². The van der Waals surface area contributed by atoms with Crippen LogP contribution in [-0.2, 0) is 12.8 Å². The lowest BCUT2D eigenvalue weighted by atomic mass is 9.98. The highest BCUT2D eigenvalue weighted by Gasteiger charge is 2.03. The summed E-state index contributed by atoms with van der Waals surface area (Å²) < 4.78 is 0. The average Bonchev–Trinajstić information content (AvgIpc) is 2.26. The Morgan fingerprint density at radius 1 is 1.13 bits per heavy atom. The van der Waals surface area contributed by atoms with E-state index >= 15 is 0 Å². The van der Waals surface area contributed by atoms with Gasteiger partial charge >= 0.3 is 0 Å². The predicted molar refractivity (Wildman–Crippen MR) is 66.0 cm³/mol. The standard InChI is InChI=1S/C11H14Cl2.H3NO/c1-9-3-2-4-10(5-7-12)11(9)6-8-13;1-2/h2-4H,5-8H2,1H3;2H,1H2. The zero-order valence-electron chi connectivity index (χ0n) is 8.84. The monoisotopic (exact) mass is 249 g/mol. The van der Waals surface area contributed by atoms with Crippen LogP contribution in [0.3, 0.4) is 0 Å². The Morgan fingerprint density at radius 2 is 1.73 bits per heavy atom. The fourth-order valence-electron chi connectivity index (χ4n) is 1.55. The molecule has 0 fully saturated rings. The number of rotatable bonds is 4. The van der Waals surface area contributed by atoms with E-state index < -0.39 is 0 Å². The van der Waals surface area contributed by atoms with Gasteiger partial charge in [0.1, 0.15) is 0 Å². The predicted octanol–water partition coefficient (Wildman–Crippen LogP) is 2.89. The lowest BCUT2D eigenvalue weighted by molar-refractivity contribution is 0.311. The number of aryl methyl sites for hydroxylation is 2. The van der Waals surface area contributed by atoms with Crippen LogP contribution < -0.4 is 5.90 Å². The third-order valence-electron chi connectivity index (χ3n) is 2.22. The van der Waals surface area contributed by atoms with Gasteiger partial charge in [0.05, 0.1) is 0 Å². The van der Waals surface area contributed by atoms with Crippen molar-refractivity contribution in [3.8, 4) is 0 Å². The van der Waals surface area contributed by atoms with E-state index in [1.807, 2.05) is 0 Å². The van der Waals surface area contributed by atoms with Crippen molar-refractivity contribution in [3.63, 3.8) is 0 Å². The molecule has 0 unspecified atom stereocenters. The molecule has 15 heavy (non-hydrogen) atoms. The van der Waals surface area contributed by atoms with Crippen molar-refractivity contribution >= 4 is 23.2 Å². The lowest BCUT2D eigenvalue weighted by Gasteiger charge is -2.09.